The number of hydrogen-bond acceptors (Lipinski definition) is 3. The Balaban J connectivity index is 2.01. The highest BCUT2D eigenvalue weighted by Crippen LogP contribution is 2.36. The number of carbonyl (C=O) groups is 2. The Kier molecular flexibility index (Phi) is 3.23. The average molecular weight is 289 g/mol. The lowest BCUT2D eigenvalue weighted by Crippen LogP contribution is -2.50. The predicted octanol–water partition coefficient (Wildman–Crippen LogP) is 1.71. The second kappa shape index (κ2) is 4.95. The molecule has 0 aromatic heterocycles. The average Bonchev–Trinajstić information content (AvgIpc) is 3.23. The van der Waals surface area contributed by atoms with E-state index in [2.05, 4.69) is 0 Å². The minimum absolute atomic E-state index is 0.130. The first-order valence-electron chi connectivity index (χ1n) is 6.98. The fourth-order valence-electron chi connectivity index (χ4n) is 2.71. The topological polar surface area (TPSA) is 87.2 Å². The van der Waals surface area contributed by atoms with Crippen LogP contribution in [0, 0.1) is 23.1 Å². The maximum absolute atomic E-state index is 13.4. The third kappa shape index (κ3) is 2.41. The Morgan fingerprint density at radius 3 is 2.71 bits per heavy atom. The van der Waals surface area contributed by atoms with E-state index in [1.54, 1.807) is 0 Å². The second-order valence-electron chi connectivity index (χ2n) is 5.64. The maximum atomic E-state index is 13.4. The molecule has 1 aromatic rings. The van der Waals surface area contributed by atoms with Crippen LogP contribution in [-0.4, -0.2) is 24.1 Å². The van der Waals surface area contributed by atoms with Crippen LogP contribution in [0.1, 0.15) is 29.6 Å². The molecule has 6 heteroatoms. The van der Waals surface area contributed by atoms with Crippen LogP contribution >= 0.6 is 0 Å². The third-order valence-corrected chi connectivity index (χ3v) is 4.06. The van der Waals surface area contributed by atoms with Crippen molar-refractivity contribution in [3.63, 3.8) is 0 Å². The lowest BCUT2D eigenvalue weighted by atomic mass is 9.89. The van der Waals surface area contributed by atoms with Crippen LogP contribution in [0.25, 0.3) is 0 Å². The highest BCUT2D eigenvalue weighted by Gasteiger charge is 2.41. The number of fused-ring (bicyclic) bond motifs is 1. The van der Waals surface area contributed by atoms with Crippen molar-refractivity contribution in [2.24, 2.45) is 17.6 Å². The summed E-state index contributed by atoms with van der Waals surface area (Å²) in [6.45, 7) is 0.471. The van der Waals surface area contributed by atoms with E-state index in [0.29, 0.717) is 18.2 Å². The number of hydrogen-bond donors (Lipinski definition) is 2. The van der Waals surface area contributed by atoms with Gasteiger partial charge in [-0.05, 0) is 30.5 Å². The summed E-state index contributed by atoms with van der Waals surface area (Å²) >= 11 is 0. The van der Waals surface area contributed by atoms with Gasteiger partial charge in [0.15, 0.2) is 11.7 Å². The molecule has 3 rings (SSSR count). The Morgan fingerprint density at radius 1 is 1.38 bits per heavy atom. The molecule has 110 valence electrons. The highest BCUT2D eigenvalue weighted by atomic mass is 19.1. The second-order valence-corrected chi connectivity index (χ2v) is 5.64. The summed E-state index contributed by atoms with van der Waals surface area (Å²) in [7, 11) is 0. The molecular weight excluding hydrogens is 273 g/mol. The molecule has 1 aliphatic carbocycles. The molecule has 5 nitrogen and oxygen atoms in total. The van der Waals surface area contributed by atoms with E-state index in [-0.39, 0.29) is 5.56 Å². The third-order valence-electron chi connectivity index (χ3n) is 4.06. The molecule has 0 bridgehead atoms. The normalized spacial score (nSPS) is 21.4. The van der Waals surface area contributed by atoms with Gasteiger partial charge in [-0.1, -0.05) is 12.8 Å². The van der Waals surface area contributed by atoms with E-state index in [0.717, 1.165) is 25.3 Å². The van der Waals surface area contributed by atoms with E-state index < -0.39 is 29.3 Å². The van der Waals surface area contributed by atoms with Crippen molar-refractivity contribution < 1.29 is 14.0 Å². The van der Waals surface area contributed by atoms with Crippen LogP contribution in [0.4, 0.5) is 10.1 Å². The molecule has 21 heavy (non-hydrogen) atoms. The molecule has 2 aliphatic rings. The first-order chi connectivity index (χ1) is 9.99. The molecule has 1 saturated carbocycles. The summed E-state index contributed by atoms with van der Waals surface area (Å²) in [6.07, 6.45) is 3.17. The van der Waals surface area contributed by atoms with Gasteiger partial charge >= 0.3 is 0 Å². The molecule has 1 aliphatic heterocycles. The standard InChI is InChI=1S/C15H16FN3O2/c16-9-3-4-11-10(7-9)13(20)12(14(17)18)15(21)19(11)6-5-8-1-2-8/h3-4,7-8,12H,1-2,5-6H2,(H3,17,18). The molecule has 1 aromatic carbocycles. The number of amides is 1. The van der Waals surface area contributed by atoms with Gasteiger partial charge in [0.25, 0.3) is 0 Å². The summed E-state index contributed by atoms with van der Waals surface area (Å²) in [5.74, 6) is -2.80. The molecule has 0 spiro atoms. The van der Waals surface area contributed by atoms with Crippen LogP contribution in [0.5, 0.6) is 0 Å². The zero-order valence-corrected chi connectivity index (χ0v) is 11.4. The van der Waals surface area contributed by atoms with Crippen molar-refractivity contribution in [3.8, 4) is 0 Å². The van der Waals surface area contributed by atoms with Gasteiger partial charge in [-0.15, -0.1) is 0 Å². The number of carbonyl (C=O) groups excluding carboxylic acids is 2. The predicted molar refractivity (Wildman–Crippen MR) is 75.8 cm³/mol. The van der Waals surface area contributed by atoms with Gasteiger partial charge in [-0.2, -0.15) is 0 Å². The summed E-state index contributed by atoms with van der Waals surface area (Å²) in [6, 6.07) is 3.80. The minimum atomic E-state index is -1.32. The van der Waals surface area contributed by atoms with Crippen LogP contribution in [0.2, 0.25) is 0 Å². The number of nitrogens with zero attached hydrogens (tertiary/aromatic N) is 1. The zero-order chi connectivity index (χ0) is 15.1. The quantitative estimate of drug-likeness (QED) is 0.502. The van der Waals surface area contributed by atoms with Gasteiger partial charge in [0, 0.05) is 12.1 Å². The van der Waals surface area contributed by atoms with E-state index >= 15 is 0 Å². The van der Waals surface area contributed by atoms with E-state index in [9.17, 15) is 14.0 Å². The number of benzene rings is 1. The number of amidine groups is 1. The molecule has 0 radical (unpaired) electrons. The molecular formula is C15H16FN3O2. The maximum Gasteiger partial charge on any atom is 0.245 e. The van der Waals surface area contributed by atoms with Gasteiger partial charge in [-0.25, -0.2) is 4.39 Å². The molecule has 1 amide bonds. The van der Waals surface area contributed by atoms with Crippen LogP contribution in [-0.2, 0) is 4.79 Å². The van der Waals surface area contributed by atoms with Crippen molar-refractivity contribution in [1.29, 1.82) is 5.41 Å². The van der Waals surface area contributed by atoms with Crippen molar-refractivity contribution in [3.05, 3.63) is 29.6 Å². The summed E-state index contributed by atoms with van der Waals surface area (Å²) in [5, 5.41) is 7.48. The number of halogens is 1. The lowest BCUT2D eigenvalue weighted by molar-refractivity contribution is -0.119. The summed E-state index contributed by atoms with van der Waals surface area (Å²) in [4.78, 5) is 26.2. The first-order valence-corrected chi connectivity index (χ1v) is 6.98. The number of nitrogens with two attached hydrogens (primary N) is 1. The fraction of sp³-hybridized carbons (Fsp3) is 0.400. The lowest BCUT2D eigenvalue weighted by Gasteiger charge is -2.32. The van der Waals surface area contributed by atoms with Crippen molar-refractivity contribution in [2.45, 2.75) is 19.3 Å². The van der Waals surface area contributed by atoms with Crippen LogP contribution in [0.3, 0.4) is 0 Å². The molecule has 3 N–H and O–H groups in total. The zero-order valence-electron chi connectivity index (χ0n) is 11.4. The van der Waals surface area contributed by atoms with Crippen LogP contribution in [0.15, 0.2) is 18.2 Å². The molecule has 1 heterocycles. The Morgan fingerprint density at radius 2 is 2.10 bits per heavy atom. The SMILES string of the molecule is N=C(N)C1C(=O)c2cc(F)ccc2N(CCC2CC2)C1=O. The summed E-state index contributed by atoms with van der Waals surface area (Å²) < 4.78 is 13.4. The number of rotatable bonds is 4. The monoisotopic (exact) mass is 289 g/mol. The van der Waals surface area contributed by atoms with Crippen molar-refractivity contribution in [2.75, 3.05) is 11.4 Å². The number of ketones is 1. The van der Waals surface area contributed by atoms with Gasteiger partial charge in [0.1, 0.15) is 11.7 Å². The van der Waals surface area contributed by atoms with E-state index in [1.165, 1.54) is 17.0 Å². The van der Waals surface area contributed by atoms with E-state index in [1.807, 2.05) is 0 Å². The van der Waals surface area contributed by atoms with Gasteiger partial charge in [0.05, 0.1) is 5.69 Å². The first kappa shape index (κ1) is 13.7. The Bertz CT molecular complexity index is 640. The smallest absolute Gasteiger partial charge is 0.245 e. The largest absolute Gasteiger partial charge is 0.387 e. The van der Waals surface area contributed by atoms with Gasteiger partial charge < -0.3 is 10.6 Å². The molecule has 1 unspecified atom stereocenters. The van der Waals surface area contributed by atoms with Gasteiger partial charge in [-0.3, -0.25) is 15.0 Å². The number of anilines is 1. The molecule has 0 saturated heterocycles. The van der Waals surface area contributed by atoms with Crippen LogP contribution < -0.4 is 10.6 Å². The van der Waals surface area contributed by atoms with Crippen molar-refractivity contribution in [1.82, 2.24) is 0 Å². The van der Waals surface area contributed by atoms with Crippen molar-refractivity contribution >= 4 is 23.2 Å². The highest BCUT2D eigenvalue weighted by molar-refractivity contribution is 6.31. The van der Waals surface area contributed by atoms with E-state index in [4.69, 9.17) is 11.1 Å². The Labute approximate surface area is 121 Å². The molecule has 1 atom stereocenters. The van der Waals surface area contributed by atoms with Gasteiger partial charge in [0.2, 0.25) is 5.91 Å². The number of nitrogens with one attached hydrogen (secondary N) is 1. The minimum Gasteiger partial charge on any atom is -0.387 e. The number of Topliss-reactive ketones (excluding diaryl/α,β-unsaturated/α-hetero) is 1. The fourth-order valence-corrected chi connectivity index (χ4v) is 2.71. The Hall–Kier alpha value is -2.24. The summed E-state index contributed by atoms with van der Waals surface area (Å²) in [5.41, 5.74) is 5.95. The molecule has 1 fully saturated rings.